The average molecular weight is 707 g/mol. The standard InChI is InChI=1S/C41H38O11/c1-22(2)39-31(48-35(44)26-16-10-6-11-17-26)24(4)40-28-20-23(3)30(42)38(28,46)36(45)37(21-47-34(43)25-14-8-5-9-15-25)32(49-37)29(40)33(39)50-41(51-39,52-40)27-18-12-7-13-19-27/h5-20,24,28-29,31-33,36,45-46H,1,21H2,2-4H3/t24-,28-,29+,31-,32+,33-,36-,37+,38-,39+,40+,41?/m1/s1. The molecule has 0 spiro atoms. The molecule has 52 heavy (non-hydrogen) atoms. The summed E-state index contributed by atoms with van der Waals surface area (Å²) >= 11 is 0. The number of fused-ring (bicyclic) bond motifs is 3. The second-order valence-electron chi connectivity index (χ2n) is 14.9. The lowest BCUT2D eigenvalue weighted by molar-refractivity contribution is -0.440. The molecule has 12 atom stereocenters. The monoisotopic (exact) mass is 706 g/mol. The molecule has 0 aromatic heterocycles. The third-order valence-corrected chi connectivity index (χ3v) is 12.3. The highest BCUT2D eigenvalue weighted by atomic mass is 16.9. The summed E-state index contributed by atoms with van der Waals surface area (Å²) in [6.07, 6.45) is -3.36. The number of rotatable bonds is 7. The van der Waals surface area contributed by atoms with Crippen LogP contribution in [0.25, 0.3) is 0 Å². The van der Waals surface area contributed by atoms with Gasteiger partial charge < -0.3 is 38.6 Å². The Morgan fingerprint density at radius 3 is 2.08 bits per heavy atom. The quantitative estimate of drug-likeness (QED) is 0.208. The summed E-state index contributed by atoms with van der Waals surface area (Å²) in [5.74, 6) is -6.85. The summed E-state index contributed by atoms with van der Waals surface area (Å²) in [7, 11) is 0. The summed E-state index contributed by atoms with van der Waals surface area (Å²) in [4.78, 5) is 41.4. The van der Waals surface area contributed by atoms with E-state index in [1.54, 1.807) is 105 Å². The normalized spacial score (nSPS) is 41.9. The average Bonchev–Trinajstić information content (AvgIpc) is 3.77. The van der Waals surface area contributed by atoms with Crippen LogP contribution in [-0.4, -0.2) is 81.4 Å². The highest BCUT2D eigenvalue weighted by Crippen LogP contribution is 2.74. The van der Waals surface area contributed by atoms with Gasteiger partial charge in [-0.15, -0.1) is 0 Å². The van der Waals surface area contributed by atoms with E-state index in [4.69, 9.17) is 28.4 Å². The van der Waals surface area contributed by atoms with E-state index < -0.39 is 94.9 Å². The van der Waals surface area contributed by atoms with Crippen molar-refractivity contribution in [1.82, 2.24) is 0 Å². The Bertz CT molecular complexity index is 2030. The Balaban J connectivity index is 1.24. The van der Waals surface area contributed by atoms with Crippen molar-refractivity contribution < 1.29 is 53.0 Å². The molecule has 2 saturated carbocycles. The van der Waals surface area contributed by atoms with Crippen LogP contribution in [0.3, 0.4) is 0 Å². The van der Waals surface area contributed by atoms with Crippen molar-refractivity contribution in [2.24, 2.45) is 17.8 Å². The molecule has 2 N–H and O–H groups in total. The van der Waals surface area contributed by atoms with E-state index in [1.807, 2.05) is 13.0 Å². The SMILES string of the molecule is C=C(C)[C@@]12OC3(c4ccccc4)O[C@@H]1[C@@H]1[C@@H]4O[C@]4(COC(=O)c4ccccc4)[C@@H](O)[C@]4(O)C(=O)C(C)=C[C@H]4[C@@]1(O3)[C@H](C)[C@H]2OC(=O)c1ccccc1. The summed E-state index contributed by atoms with van der Waals surface area (Å²) in [5.41, 5.74) is -5.68. The zero-order valence-corrected chi connectivity index (χ0v) is 28.8. The van der Waals surface area contributed by atoms with Crippen LogP contribution in [0.1, 0.15) is 47.1 Å². The summed E-state index contributed by atoms with van der Waals surface area (Å²) in [6, 6.07) is 25.9. The van der Waals surface area contributed by atoms with Gasteiger partial charge in [0.25, 0.3) is 0 Å². The van der Waals surface area contributed by atoms with Gasteiger partial charge in [-0.25, -0.2) is 9.59 Å². The van der Waals surface area contributed by atoms with Crippen LogP contribution >= 0.6 is 0 Å². The topological polar surface area (TPSA) is 150 Å². The van der Waals surface area contributed by atoms with Crippen LogP contribution in [0.5, 0.6) is 0 Å². The number of aliphatic hydroxyl groups excluding tert-OH is 1. The lowest BCUT2D eigenvalue weighted by atomic mass is 9.53. The van der Waals surface area contributed by atoms with E-state index in [0.29, 0.717) is 16.7 Å². The first-order chi connectivity index (χ1) is 24.9. The van der Waals surface area contributed by atoms with Crippen molar-refractivity contribution in [2.45, 2.75) is 73.6 Å². The Kier molecular flexibility index (Phi) is 7.07. The molecule has 5 fully saturated rings. The van der Waals surface area contributed by atoms with E-state index in [-0.39, 0.29) is 11.1 Å². The summed E-state index contributed by atoms with van der Waals surface area (Å²) < 4.78 is 39.9. The minimum atomic E-state index is -2.51. The molecular formula is C41H38O11. The molecule has 11 nitrogen and oxygen atoms in total. The number of ether oxygens (including phenoxy) is 6. The highest BCUT2D eigenvalue weighted by molar-refractivity contribution is 6.05. The van der Waals surface area contributed by atoms with Crippen molar-refractivity contribution in [3.8, 4) is 0 Å². The van der Waals surface area contributed by atoms with Crippen molar-refractivity contribution in [3.63, 3.8) is 0 Å². The molecule has 9 rings (SSSR count). The highest BCUT2D eigenvalue weighted by Gasteiger charge is 2.91. The Hall–Kier alpha value is -4.49. The molecule has 6 aliphatic rings. The fourth-order valence-electron chi connectivity index (χ4n) is 9.88. The maximum atomic E-state index is 14.2. The Labute approximate surface area is 299 Å². The molecule has 3 aliphatic carbocycles. The number of carbonyl (C=O) groups excluding carboxylic acids is 3. The van der Waals surface area contributed by atoms with Gasteiger partial charge >= 0.3 is 17.9 Å². The minimum absolute atomic E-state index is 0.203. The van der Waals surface area contributed by atoms with Gasteiger partial charge in [-0.1, -0.05) is 86.3 Å². The molecule has 0 amide bonds. The number of esters is 2. The summed E-state index contributed by atoms with van der Waals surface area (Å²) in [5, 5.41) is 25.2. The van der Waals surface area contributed by atoms with E-state index in [2.05, 4.69) is 6.58 Å². The molecule has 3 aliphatic heterocycles. The van der Waals surface area contributed by atoms with Crippen molar-refractivity contribution in [2.75, 3.05) is 6.61 Å². The third kappa shape index (κ3) is 4.03. The van der Waals surface area contributed by atoms with Gasteiger partial charge in [0.05, 0.1) is 16.7 Å². The predicted octanol–water partition coefficient (Wildman–Crippen LogP) is 4.03. The maximum absolute atomic E-state index is 14.2. The molecular weight excluding hydrogens is 668 g/mol. The van der Waals surface area contributed by atoms with Crippen LogP contribution in [0.15, 0.2) is 115 Å². The first kappa shape index (κ1) is 33.4. The molecule has 3 heterocycles. The lowest BCUT2D eigenvalue weighted by Gasteiger charge is -2.61. The van der Waals surface area contributed by atoms with Crippen molar-refractivity contribution in [1.29, 1.82) is 0 Å². The molecule has 3 saturated heterocycles. The smallest absolute Gasteiger partial charge is 0.338 e. The Morgan fingerprint density at radius 1 is 0.865 bits per heavy atom. The zero-order valence-electron chi connectivity index (χ0n) is 28.8. The molecule has 0 radical (unpaired) electrons. The van der Waals surface area contributed by atoms with Gasteiger partial charge in [0.2, 0.25) is 0 Å². The number of Topliss-reactive ketones (excluding diaryl/α,β-unsaturated/α-hetero) is 1. The van der Waals surface area contributed by atoms with Crippen LogP contribution in [-0.2, 0) is 39.2 Å². The first-order valence-corrected chi connectivity index (χ1v) is 17.5. The number of ketones is 1. The van der Waals surface area contributed by atoms with Gasteiger partial charge in [-0.3, -0.25) is 4.79 Å². The van der Waals surface area contributed by atoms with Gasteiger partial charge in [-0.2, -0.15) is 0 Å². The van der Waals surface area contributed by atoms with Crippen LogP contribution in [0.4, 0.5) is 0 Å². The van der Waals surface area contributed by atoms with E-state index >= 15 is 0 Å². The van der Waals surface area contributed by atoms with Gasteiger partial charge in [0, 0.05) is 23.3 Å². The molecule has 11 heteroatoms. The number of epoxide rings is 1. The lowest BCUT2D eigenvalue weighted by Crippen LogP contribution is -2.76. The van der Waals surface area contributed by atoms with Crippen LogP contribution < -0.4 is 0 Å². The van der Waals surface area contributed by atoms with Crippen LogP contribution in [0, 0.1) is 17.8 Å². The number of carbonyl (C=O) groups is 3. The van der Waals surface area contributed by atoms with Gasteiger partial charge in [-0.05, 0) is 49.3 Å². The van der Waals surface area contributed by atoms with Crippen molar-refractivity contribution in [3.05, 3.63) is 131 Å². The fourth-order valence-corrected chi connectivity index (χ4v) is 9.88. The second-order valence-corrected chi connectivity index (χ2v) is 14.9. The number of hydrogen-bond donors (Lipinski definition) is 2. The molecule has 3 aromatic rings. The molecule has 3 aromatic carbocycles. The second kappa shape index (κ2) is 11.0. The summed E-state index contributed by atoms with van der Waals surface area (Å²) in [6.45, 7) is 9.02. The van der Waals surface area contributed by atoms with Gasteiger partial charge in [0.1, 0.15) is 31.0 Å². The maximum Gasteiger partial charge on any atom is 0.338 e. The Morgan fingerprint density at radius 2 is 1.46 bits per heavy atom. The first-order valence-electron chi connectivity index (χ1n) is 17.5. The zero-order chi connectivity index (χ0) is 36.4. The molecule has 1 unspecified atom stereocenters. The van der Waals surface area contributed by atoms with E-state index in [1.165, 1.54) is 0 Å². The van der Waals surface area contributed by atoms with Gasteiger partial charge in [0.15, 0.2) is 22.6 Å². The largest absolute Gasteiger partial charge is 0.459 e. The minimum Gasteiger partial charge on any atom is -0.459 e. The number of hydrogen-bond acceptors (Lipinski definition) is 11. The van der Waals surface area contributed by atoms with E-state index in [9.17, 15) is 24.6 Å². The number of aliphatic hydroxyl groups is 2. The van der Waals surface area contributed by atoms with Crippen LogP contribution in [0.2, 0.25) is 0 Å². The van der Waals surface area contributed by atoms with E-state index in [0.717, 1.165) is 0 Å². The molecule has 268 valence electrons. The fraction of sp³-hybridized carbons (Fsp3) is 0.390. The predicted molar refractivity (Wildman–Crippen MR) is 181 cm³/mol. The van der Waals surface area contributed by atoms with Crippen molar-refractivity contribution >= 4 is 17.7 Å². The number of benzene rings is 3. The third-order valence-electron chi connectivity index (χ3n) is 12.3. The molecule has 3 bridgehead atoms.